The fourth-order valence-electron chi connectivity index (χ4n) is 1.67. The fraction of sp³-hybridized carbons (Fsp3) is 0.0769. The highest BCUT2D eigenvalue weighted by Gasteiger charge is 2.11. The van der Waals surface area contributed by atoms with Crippen LogP contribution in [0.4, 0.5) is 0 Å². The third kappa shape index (κ3) is 2.41. The van der Waals surface area contributed by atoms with Gasteiger partial charge < -0.3 is 13.9 Å². The Bertz CT molecular complexity index is 716. The standard InChI is InChI=1S/C13H9N3O4/c17-13(18)10-7-20-11(16-10)5-9-2-1-8(6-15-9)12-14-3-4-19-12/h1-4,6-7H,5H2,(H,17,18). The van der Waals surface area contributed by atoms with Crippen molar-refractivity contribution in [1.82, 2.24) is 15.0 Å². The number of nitrogens with zero attached hydrogens (tertiary/aromatic N) is 3. The summed E-state index contributed by atoms with van der Waals surface area (Å²) in [5, 5.41) is 8.75. The predicted molar refractivity (Wildman–Crippen MR) is 66.0 cm³/mol. The van der Waals surface area contributed by atoms with Gasteiger partial charge in [-0.2, -0.15) is 0 Å². The number of oxazole rings is 2. The summed E-state index contributed by atoms with van der Waals surface area (Å²) in [6, 6.07) is 3.60. The molecular weight excluding hydrogens is 262 g/mol. The van der Waals surface area contributed by atoms with Crippen molar-refractivity contribution in [3.63, 3.8) is 0 Å². The molecule has 0 saturated carbocycles. The van der Waals surface area contributed by atoms with E-state index >= 15 is 0 Å². The number of aromatic carboxylic acids is 1. The molecule has 0 saturated heterocycles. The van der Waals surface area contributed by atoms with Crippen LogP contribution in [-0.2, 0) is 6.42 Å². The summed E-state index contributed by atoms with van der Waals surface area (Å²) in [5.41, 5.74) is 1.35. The van der Waals surface area contributed by atoms with Crippen molar-refractivity contribution in [2.75, 3.05) is 0 Å². The van der Waals surface area contributed by atoms with Gasteiger partial charge in [-0.25, -0.2) is 14.8 Å². The number of hydrogen-bond acceptors (Lipinski definition) is 6. The molecule has 0 aromatic carbocycles. The number of aromatic nitrogens is 3. The predicted octanol–water partition coefficient (Wildman–Crippen LogP) is 2.01. The number of carboxylic acids is 1. The van der Waals surface area contributed by atoms with Gasteiger partial charge >= 0.3 is 5.97 Å². The van der Waals surface area contributed by atoms with Crippen LogP contribution < -0.4 is 0 Å². The molecule has 0 radical (unpaired) electrons. The Balaban J connectivity index is 1.76. The van der Waals surface area contributed by atoms with E-state index in [9.17, 15) is 4.79 Å². The van der Waals surface area contributed by atoms with Crippen LogP contribution in [0.5, 0.6) is 0 Å². The summed E-state index contributed by atoms with van der Waals surface area (Å²) in [6.07, 6.45) is 6.10. The zero-order chi connectivity index (χ0) is 13.9. The Morgan fingerprint density at radius 3 is 2.75 bits per heavy atom. The van der Waals surface area contributed by atoms with Gasteiger partial charge in [-0.3, -0.25) is 4.98 Å². The van der Waals surface area contributed by atoms with Gasteiger partial charge in [0.05, 0.1) is 18.2 Å². The number of pyridine rings is 1. The number of carbonyl (C=O) groups is 1. The summed E-state index contributed by atoms with van der Waals surface area (Å²) < 4.78 is 10.2. The highest BCUT2D eigenvalue weighted by Crippen LogP contribution is 2.16. The minimum atomic E-state index is -1.12. The van der Waals surface area contributed by atoms with E-state index in [0.717, 1.165) is 11.8 Å². The fourth-order valence-corrected chi connectivity index (χ4v) is 1.67. The smallest absolute Gasteiger partial charge is 0.357 e. The first kappa shape index (κ1) is 12.1. The van der Waals surface area contributed by atoms with Crippen LogP contribution >= 0.6 is 0 Å². The summed E-state index contributed by atoms with van der Waals surface area (Å²) >= 11 is 0. The van der Waals surface area contributed by atoms with E-state index in [1.165, 1.54) is 6.26 Å². The Morgan fingerprint density at radius 2 is 2.15 bits per heavy atom. The zero-order valence-corrected chi connectivity index (χ0v) is 10.2. The second kappa shape index (κ2) is 4.96. The molecule has 0 fully saturated rings. The van der Waals surface area contributed by atoms with E-state index in [1.54, 1.807) is 18.5 Å². The maximum absolute atomic E-state index is 10.7. The third-order valence-corrected chi connectivity index (χ3v) is 2.61. The van der Waals surface area contributed by atoms with Crippen LogP contribution in [0.15, 0.2) is 45.9 Å². The van der Waals surface area contributed by atoms with Crippen LogP contribution in [-0.4, -0.2) is 26.0 Å². The maximum atomic E-state index is 10.7. The lowest BCUT2D eigenvalue weighted by Gasteiger charge is -1.98. The van der Waals surface area contributed by atoms with E-state index in [0.29, 0.717) is 23.9 Å². The molecule has 7 nitrogen and oxygen atoms in total. The van der Waals surface area contributed by atoms with Gasteiger partial charge in [0.15, 0.2) is 5.69 Å². The Morgan fingerprint density at radius 1 is 1.25 bits per heavy atom. The van der Waals surface area contributed by atoms with Crippen LogP contribution in [0.1, 0.15) is 22.1 Å². The first-order valence-corrected chi connectivity index (χ1v) is 5.75. The minimum Gasteiger partial charge on any atom is -0.476 e. The molecule has 3 heterocycles. The molecule has 0 aliphatic rings. The molecule has 7 heteroatoms. The molecule has 0 spiro atoms. The van der Waals surface area contributed by atoms with Gasteiger partial charge in [-0.05, 0) is 12.1 Å². The van der Waals surface area contributed by atoms with Gasteiger partial charge in [0, 0.05) is 11.9 Å². The van der Waals surface area contributed by atoms with Gasteiger partial charge in [0.1, 0.15) is 12.5 Å². The second-order valence-corrected chi connectivity index (χ2v) is 3.98. The molecule has 0 aliphatic heterocycles. The van der Waals surface area contributed by atoms with E-state index in [2.05, 4.69) is 15.0 Å². The van der Waals surface area contributed by atoms with Crippen molar-refractivity contribution in [3.8, 4) is 11.5 Å². The number of rotatable bonds is 4. The molecule has 0 atom stereocenters. The Hall–Kier alpha value is -2.96. The summed E-state index contributed by atoms with van der Waals surface area (Å²) in [4.78, 5) is 22.8. The lowest BCUT2D eigenvalue weighted by molar-refractivity contribution is 0.0690. The monoisotopic (exact) mass is 271 g/mol. The Kier molecular flexibility index (Phi) is 3.00. The molecule has 3 rings (SSSR count). The van der Waals surface area contributed by atoms with Crippen molar-refractivity contribution in [2.24, 2.45) is 0 Å². The molecule has 3 aromatic heterocycles. The topological polar surface area (TPSA) is 102 Å². The van der Waals surface area contributed by atoms with Crippen molar-refractivity contribution < 1.29 is 18.7 Å². The first-order valence-electron chi connectivity index (χ1n) is 5.75. The highest BCUT2D eigenvalue weighted by atomic mass is 16.4. The molecule has 3 aromatic rings. The SMILES string of the molecule is O=C(O)c1coc(Cc2ccc(-c3ncco3)cn2)n1. The van der Waals surface area contributed by atoms with Gasteiger partial charge in [0.2, 0.25) is 11.8 Å². The zero-order valence-electron chi connectivity index (χ0n) is 10.2. The third-order valence-electron chi connectivity index (χ3n) is 2.61. The molecule has 0 aliphatic carbocycles. The summed E-state index contributed by atoms with van der Waals surface area (Å²) in [6.45, 7) is 0. The van der Waals surface area contributed by atoms with Gasteiger partial charge in [0.25, 0.3) is 0 Å². The van der Waals surface area contributed by atoms with Gasteiger partial charge in [-0.1, -0.05) is 0 Å². The summed E-state index contributed by atoms with van der Waals surface area (Å²) in [5.74, 6) is -0.320. The minimum absolute atomic E-state index is 0.114. The molecule has 100 valence electrons. The Labute approximate surface area is 112 Å². The molecule has 0 amide bonds. The van der Waals surface area contributed by atoms with Crippen LogP contribution in [0.3, 0.4) is 0 Å². The lowest BCUT2D eigenvalue weighted by Crippen LogP contribution is -1.98. The molecule has 0 unspecified atom stereocenters. The first-order chi connectivity index (χ1) is 9.72. The van der Waals surface area contributed by atoms with E-state index < -0.39 is 5.97 Å². The lowest BCUT2D eigenvalue weighted by atomic mass is 10.2. The van der Waals surface area contributed by atoms with E-state index in [4.69, 9.17) is 13.9 Å². The molecule has 0 bridgehead atoms. The van der Waals surface area contributed by atoms with Crippen LogP contribution in [0, 0.1) is 0 Å². The average molecular weight is 271 g/mol. The molecular formula is C13H9N3O4. The second-order valence-electron chi connectivity index (χ2n) is 3.98. The average Bonchev–Trinajstić information content (AvgIpc) is 3.10. The van der Waals surface area contributed by atoms with Gasteiger partial charge in [-0.15, -0.1) is 0 Å². The van der Waals surface area contributed by atoms with Crippen molar-refractivity contribution in [3.05, 3.63) is 54.3 Å². The highest BCUT2D eigenvalue weighted by molar-refractivity contribution is 5.84. The quantitative estimate of drug-likeness (QED) is 0.774. The van der Waals surface area contributed by atoms with Crippen LogP contribution in [0.25, 0.3) is 11.5 Å². The number of hydrogen-bond donors (Lipinski definition) is 1. The summed E-state index contributed by atoms with van der Waals surface area (Å²) in [7, 11) is 0. The largest absolute Gasteiger partial charge is 0.476 e. The van der Waals surface area contributed by atoms with E-state index in [-0.39, 0.29) is 5.69 Å². The van der Waals surface area contributed by atoms with Crippen molar-refractivity contribution in [2.45, 2.75) is 6.42 Å². The van der Waals surface area contributed by atoms with Crippen LogP contribution in [0.2, 0.25) is 0 Å². The number of carboxylic acid groups (broad SMARTS) is 1. The van der Waals surface area contributed by atoms with Crippen molar-refractivity contribution in [1.29, 1.82) is 0 Å². The molecule has 1 N–H and O–H groups in total. The molecule has 20 heavy (non-hydrogen) atoms. The normalized spacial score (nSPS) is 10.6. The van der Waals surface area contributed by atoms with Crippen molar-refractivity contribution >= 4 is 5.97 Å². The maximum Gasteiger partial charge on any atom is 0.357 e. The van der Waals surface area contributed by atoms with E-state index in [1.807, 2.05) is 6.07 Å².